The first-order chi connectivity index (χ1) is 31.6. The predicted molar refractivity (Wildman–Crippen MR) is 250 cm³/mol. The molecule has 0 radical (unpaired) electrons. The van der Waals surface area contributed by atoms with Gasteiger partial charge in [-0.3, -0.25) is 24.0 Å². The summed E-state index contributed by atoms with van der Waals surface area (Å²) in [6, 6.07) is 44.8. The SMILES string of the molecule is CC(C)C[C@H](NC(=O)OCc1ccccc1)C(=O)N[C@@H](Cc1ccccc1)C(=O)N[C@H](/C=C/C(=O)N1CCCCO1)CCC(=O)NC(c1ccccc1)(c1ccccc1)c1ccccc1. The van der Waals surface area contributed by atoms with Gasteiger partial charge in [0.15, 0.2) is 0 Å². The van der Waals surface area contributed by atoms with Crippen molar-refractivity contribution in [3.8, 4) is 0 Å². The predicted octanol–water partition coefficient (Wildman–Crippen LogP) is 7.54. The van der Waals surface area contributed by atoms with Gasteiger partial charge < -0.3 is 26.0 Å². The first-order valence-corrected chi connectivity index (χ1v) is 22.3. The molecule has 6 rings (SSSR count). The summed E-state index contributed by atoms with van der Waals surface area (Å²) in [6.45, 7) is 4.73. The van der Waals surface area contributed by atoms with Gasteiger partial charge in [0, 0.05) is 31.5 Å². The van der Waals surface area contributed by atoms with E-state index in [1.165, 1.54) is 11.1 Å². The number of rotatable bonds is 20. The smallest absolute Gasteiger partial charge is 0.408 e. The molecule has 3 atom stereocenters. The topological polar surface area (TPSA) is 155 Å². The minimum Gasteiger partial charge on any atom is -0.445 e. The Labute approximate surface area is 381 Å². The van der Waals surface area contributed by atoms with Crippen LogP contribution in [0.15, 0.2) is 164 Å². The summed E-state index contributed by atoms with van der Waals surface area (Å²) in [4.78, 5) is 74.9. The molecule has 12 nitrogen and oxygen atoms in total. The Balaban J connectivity index is 1.24. The van der Waals surface area contributed by atoms with Crippen LogP contribution in [-0.2, 0) is 47.3 Å². The molecular weight excluding hydrogens is 819 g/mol. The van der Waals surface area contributed by atoms with E-state index in [4.69, 9.17) is 9.57 Å². The van der Waals surface area contributed by atoms with Gasteiger partial charge in [-0.15, -0.1) is 0 Å². The zero-order valence-electron chi connectivity index (χ0n) is 37.1. The first-order valence-electron chi connectivity index (χ1n) is 22.3. The lowest BCUT2D eigenvalue weighted by molar-refractivity contribution is -0.191. The number of hydroxylamine groups is 2. The van der Waals surface area contributed by atoms with Gasteiger partial charge in [-0.2, -0.15) is 0 Å². The molecule has 4 N–H and O–H groups in total. The molecule has 1 heterocycles. The number of nitrogens with zero attached hydrogens (tertiary/aromatic N) is 1. The Morgan fingerprint density at radius 3 is 1.71 bits per heavy atom. The van der Waals surface area contributed by atoms with E-state index in [0.29, 0.717) is 13.2 Å². The minimum absolute atomic E-state index is 0.00747. The fraction of sp³-hybridized carbons (Fsp3) is 0.302. The number of amides is 5. The van der Waals surface area contributed by atoms with E-state index in [9.17, 15) is 24.0 Å². The van der Waals surface area contributed by atoms with E-state index in [-0.39, 0.29) is 50.0 Å². The first kappa shape index (κ1) is 47.4. The normalized spacial score (nSPS) is 14.2. The Bertz CT molecular complexity index is 2210. The van der Waals surface area contributed by atoms with Crippen LogP contribution in [0, 0.1) is 5.92 Å². The molecule has 1 aliphatic heterocycles. The van der Waals surface area contributed by atoms with Crippen LogP contribution in [0.4, 0.5) is 4.79 Å². The lowest BCUT2D eigenvalue weighted by atomic mass is 9.77. The van der Waals surface area contributed by atoms with E-state index in [1.54, 1.807) is 6.08 Å². The third-order valence-electron chi connectivity index (χ3n) is 11.1. The summed E-state index contributed by atoms with van der Waals surface area (Å²) in [5, 5.41) is 13.3. The lowest BCUT2D eigenvalue weighted by Gasteiger charge is -2.37. The molecule has 0 spiro atoms. The van der Waals surface area contributed by atoms with Gasteiger partial charge >= 0.3 is 6.09 Å². The highest BCUT2D eigenvalue weighted by molar-refractivity contribution is 5.92. The van der Waals surface area contributed by atoms with Crippen molar-refractivity contribution in [1.82, 2.24) is 26.3 Å². The van der Waals surface area contributed by atoms with Crippen molar-refractivity contribution < 1.29 is 33.5 Å². The van der Waals surface area contributed by atoms with Crippen molar-refractivity contribution in [1.29, 1.82) is 0 Å². The van der Waals surface area contributed by atoms with Crippen molar-refractivity contribution in [3.05, 3.63) is 192 Å². The second-order valence-corrected chi connectivity index (χ2v) is 16.5. The maximum Gasteiger partial charge on any atom is 0.408 e. The molecule has 1 saturated heterocycles. The molecule has 0 aromatic heterocycles. The Morgan fingerprint density at radius 1 is 0.662 bits per heavy atom. The molecule has 1 aliphatic rings. The second kappa shape index (κ2) is 24.1. The zero-order chi connectivity index (χ0) is 45.9. The summed E-state index contributed by atoms with van der Waals surface area (Å²) < 4.78 is 5.44. The van der Waals surface area contributed by atoms with E-state index in [0.717, 1.165) is 40.7 Å². The van der Waals surface area contributed by atoms with Crippen LogP contribution < -0.4 is 21.3 Å². The number of benzene rings is 5. The van der Waals surface area contributed by atoms with Crippen molar-refractivity contribution >= 4 is 29.7 Å². The van der Waals surface area contributed by atoms with Crippen LogP contribution in [-0.4, -0.2) is 66.1 Å². The highest BCUT2D eigenvalue weighted by Crippen LogP contribution is 2.37. The number of hydrogen-bond acceptors (Lipinski definition) is 7. The molecule has 0 aliphatic carbocycles. The van der Waals surface area contributed by atoms with Gasteiger partial charge in [-0.1, -0.05) is 172 Å². The number of carbonyl (C=O) groups is 5. The van der Waals surface area contributed by atoms with Crippen LogP contribution in [0.1, 0.15) is 73.8 Å². The van der Waals surface area contributed by atoms with Gasteiger partial charge in [0.2, 0.25) is 17.7 Å². The van der Waals surface area contributed by atoms with Crippen molar-refractivity contribution in [2.45, 2.75) is 82.6 Å². The molecule has 65 heavy (non-hydrogen) atoms. The van der Waals surface area contributed by atoms with E-state index >= 15 is 0 Å². The van der Waals surface area contributed by atoms with Crippen molar-refractivity contribution in [3.63, 3.8) is 0 Å². The summed E-state index contributed by atoms with van der Waals surface area (Å²) >= 11 is 0. The van der Waals surface area contributed by atoms with Gasteiger partial charge in [-0.25, -0.2) is 9.86 Å². The van der Waals surface area contributed by atoms with Gasteiger partial charge in [0.25, 0.3) is 5.91 Å². The third-order valence-corrected chi connectivity index (χ3v) is 11.1. The highest BCUT2D eigenvalue weighted by atomic mass is 16.7. The highest BCUT2D eigenvalue weighted by Gasteiger charge is 2.38. The third kappa shape index (κ3) is 14.0. The van der Waals surface area contributed by atoms with Crippen molar-refractivity contribution in [2.75, 3.05) is 13.2 Å². The molecule has 0 bridgehead atoms. The molecule has 5 aromatic carbocycles. The van der Waals surface area contributed by atoms with Crippen LogP contribution in [0.3, 0.4) is 0 Å². The molecule has 0 unspecified atom stereocenters. The molecule has 338 valence electrons. The van der Waals surface area contributed by atoms with Gasteiger partial charge in [0.1, 0.15) is 24.2 Å². The summed E-state index contributed by atoms with van der Waals surface area (Å²) in [6.07, 6.45) is 4.26. The maximum atomic E-state index is 14.5. The lowest BCUT2D eigenvalue weighted by Crippen LogP contribution is -2.56. The van der Waals surface area contributed by atoms with Crippen LogP contribution in [0.2, 0.25) is 0 Å². The van der Waals surface area contributed by atoms with Gasteiger partial charge in [0.05, 0.1) is 6.61 Å². The Morgan fingerprint density at radius 2 is 1.18 bits per heavy atom. The fourth-order valence-electron chi connectivity index (χ4n) is 7.83. The number of alkyl carbamates (subject to hydrolysis) is 1. The van der Waals surface area contributed by atoms with Crippen LogP contribution in [0.25, 0.3) is 0 Å². The van der Waals surface area contributed by atoms with Crippen molar-refractivity contribution in [2.24, 2.45) is 5.92 Å². The number of hydrogen-bond donors (Lipinski definition) is 4. The standard InChI is InChI=1S/C53H59N5O7/c1-39(2)36-46(56-52(63)64-38-41-22-10-4-11-23-41)51(62)55-47(37-40-20-8-3-9-21-40)50(61)54-45(31-33-49(60)58-34-18-19-35-65-58)30-32-48(59)57-53(42-24-12-5-13-25-42,43-26-14-6-15-27-43)44-28-16-7-17-29-44/h3-17,20-29,31,33,39,45-47H,18-19,30,32,34-38H2,1-2H3,(H,54,61)(H,55,62)(H,56,63)(H,57,59)/b33-31+/t45-,46-,47-/m0/s1. The monoisotopic (exact) mass is 877 g/mol. The van der Waals surface area contributed by atoms with E-state index < -0.39 is 41.6 Å². The zero-order valence-corrected chi connectivity index (χ0v) is 37.1. The molecule has 5 amide bonds. The molecule has 12 heteroatoms. The second-order valence-electron chi connectivity index (χ2n) is 16.5. The summed E-state index contributed by atoms with van der Waals surface area (Å²) in [7, 11) is 0. The number of nitrogens with one attached hydrogen (secondary N) is 4. The molecular formula is C53H59N5O7. The maximum absolute atomic E-state index is 14.5. The Hall–Kier alpha value is -7.05. The number of carbonyl (C=O) groups excluding carboxylic acids is 5. The van der Waals surface area contributed by atoms with Gasteiger partial charge in [-0.05, 0) is 59.4 Å². The average Bonchev–Trinajstić information content (AvgIpc) is 3.34. The van der Waals surface area contributed by atoms with E-state index in [1.807, 2.05) is 166 Å². The van der Waals surface area contributed by atoms with Crippen LogP contribution >= 0.6 is 0 Å². The molecule has 0 saturated carbocycles. The van der Waals surface area contributed by atoms with E-state index in [2.05, 4.69) is 21.3 Å². The molecule has 1 fully saturated rings. The largest absolute Gasteiger partial charge is 0.445 e. The Kier molecular flexibility index (Phi) is 17.6. The quantitative estimate of drug-likeness (QED) is 0.0466. The molecule has 5 aromatic rings. The average molecular weight is 878 g/mol. The fourth-order valence-corrected chi connectivity index (χ4v) is 7.83. The summed E-state index contributed by atoms with van der Waals surface area (Å²) in [5.41, 5.74) is 3.09. The van der Waals surface area contributed by atoms with Crippen LogP contribution in [0.5, 0.6) is 0 Å². The summed E-state index contributed by atoms with van der Waals surface area (Å²) in [5.74, 6) is -1.78. The number of ether oxygens (including phenoxy) is 1. The minimum atomic E-state index is -1.10.